The monoisotopic (exact) mass is 242 g/mol. The maximum Gasteiger partial charge on any atom is 0.150 e. The Balaban J connectivity index is 2.19. The predicted molar refractivity (Wildman–Crippen MR) is 71.9 cm³/mol. The molecule has 86 valence electrons. The highest BCUT2D eigenvalue weighted by Crippen LogP contribution is 2.28. The summed E-state index contributed by atoms with van der Waals surface area (Å²) in [5.41, 5.74) is 3.33. The first kappa shape index (κ1) is 11.9. The highest BCUT2D eigenvalue weighted by Gasteiger charge is 1.99. The Morgan fingerprint density at radius 3 is 2.12 bits per heavy atom. The van der Waals surface area contributed by atoms with Crippen molar-refractivity contribution in [3.63, 3.8) is 0 Å². The molecular formula is C15H14OS. The zero-order chi connectivity index (χ0) is 12.3. The van der Waals surface area contributed by atoms with Crippen LogP contribution in [0.3, 0.4) is 0 Å². The molecule has 0 heterocycles. The third kappa shape index (κ3) is 2.98. The van der Waals surface area contributed by atoms with Gasteiger partial charge >= 0.3 is 0 Å². The minimum atomic E-state index is 0.717. The van der Waals surface area contributed by atoms with E-state index < -0.39 is 0 Å². The van der Waals surface area contributed by atoms with Crippen LogP contribution in [-0.4, -0.2) is 6.29 Å². The SMILES string of the molecule is Cc1ccc(Sc2ccc(C=O)cc2)cc1C. The molecule has 0 N–H and O–H groups in total. The Bertz CT molecular complexity index is 529. The van der Waals surface area contributed by atoms with Gasteiger partial charge in [-0.15, -0.1) is 0 Å². The highest BCUT2D eigenvalue weighted by atomic mass is 32.2. The molecule has 0 unspecified atom stereocenters. The largest absolute Gasteiger partial charge is 0.298 e. The van der Waals surface area contributed by atoms with Gasteiger partial charge in [0.1, 0.15) is 6.29 Å². The Kier molecular flexibility index (Phi) is 3.64. The van der Waals surface area contributed by atoms with Gasteiger partial charge < -0.3 is 0 Å². The average molecular weight is 242 g/mol. The van der Waals surface area contributed by atoms with Crippen molar-refractivity contribution in [2.45, 2.75) is 23.6 Å². The lowest BCUT2D eigenvalue weighted by Crippen LogP contribution is -1.82. The fraction of sp³-hybridized carbons (Fsp3) is 0.133. The summed E-state index contributed by atoms with van der Waals surface area (Å²) < 4.78 is 0. The van der Waals surface area contributed by atoms with Crippen LogP contribution in [0, 0.1) is 13.8 Å². The predicted octanol–water partition coefficient (Wildman–Crippen LogP) is 4.27. The molecule has 0 aromatic heterocycles. The molecule has 0 fully saturated rings. The Morgan fingerprint density at radius 2 is 1.53 bits per heavy atom. The van der Waals surface area contributed by atoms with Crippen molar-refractivity contribution in [2.75, 3.05) is 0 Å². The second-order valence-electron chi connectivity index (χ2n) is 4.04. The standard InChI is InChI=1S/C15H14OS/c1-11-3-6-15(9-12(11)2)17-14-7-4-13(10-16)5-8-14/h3-10H,1-2H3. The van der Waals surface area contributed by atoms with E-state index in [0.717, 1.165) is 16.7 Å². The third-order valence-electron chi connectivity index (χ3n) is 2.73. The van der Waals surface area contributed by atoms with E-state index in [4.69, 9.17) is 0 Å². The minimum absolute atomic E-state index is 0.717. The van der Waals surface area contributed by atoms with Gasteiger partial charge in [-0.3, -0.25) is 4.79 Å². The van der Waals surface area contributed by atoms with Crippen molar-refractivity contribution < 1.29 is 4.79 Å². The molecule has 0 aliphatic rings. The van der Waals surface area contributed by atoms with Crippen molar-refractivity contribution in [3.05, 3.63) is 59.2 Å². The van der Waals surface area contributed by atoms with E-state index in [1.54, 1.807) is 11.8 Å². The second kappa shape index (κ2) is 5.19. The molecule has 0 saturated carbocycles. The molecule has 0 aliphatic carbocycles. The first-order chi connectivity index (χ1) is 8.19. The Labute approximate surface area is 106 Å². The van der Waals surface area contributed by atoms with Crippen molar-refractivity contribution in [2.24, 2.45) is 0 Å². The van der Waals surface area contributed by atoms with Gasteiger partial charge in [0, 0.05) is 15.4 Å². The van der Waals surface area contributed by atoms with E-state index in [9.17, 15) is 4.79 Å². The molecule has 2 aromatic rings. The molecule has 2 heteroatoms. The van der Waals surface area contributed by atoms with E-state index in [1.165, 1.54) is 16.0 Å². The Morgan fingerprint density at radius 1 is 0.882 bits per heavy atom. The van der Waals surface area contributed by atoms with Gasteiger partial charge in [0.05, 0.1) is 0 Å². The molecule has 0 spiro atoms. The van der Waals surface area contributed by atoms with Crippen molar-refractivity contribution in [1.29, 1.82) is 0 Å². The van der Waals surface area contributed by atoms with Crippen molar-refractivity contribution in [1.82, 2.24) is 0 Å². The minimum Gasteiger partial charge on any atom is -0.298 e. The van der Waals surface area contributed by atoms with Crippen LogP contribution in [0.4, 0.5) is 0 Å². The normalized spacial score (nSPS) is 10.2. The molecule has 2 aromatic carbocycles. The maximum absolute atomic E-state index is 10.6. The Hall–Kier alpha value is -1.54. The van der Waals surface area contributed by atoms with Crippen LogP contribution in [0.1, 0.15) is 21.5 Å². The van der Waals surface area contributed by atoms with Crippen LogP contribution in [0.5, 0.6) is 0 Å². The molecule has 0 radical (unpaired) electrons. The smallest absolute Gasteiger partial charge is 0.150 e. The molecule has 0 saturated heterocycles. The molecule has 0 atom stereocenters. The van der Waals surface area contributed by atoms with Crippen molar-refractivity contribution in [3.8, 4) is 0 Å². The fourth-order valence-electron chi connectivity index (χ4n) is 1.53. The number of carbonyl (C=O) groups is 1. The number of rotatable bonds is 3. The summed E-state index contributed by atoms with van der Waals surface area (Å²) in [6.45, 7) is 4.23. The molecule has 0 bridgehead atoms. The molecule has 1 nitrogen and oxygen atoms in total. The summed E-state index contributed by atoms with van der Waals surface area (Å²) in [4.78, 5) is 12.9. The maximum atomic E-state index is 10.6. The molecule has 17 heavy (non-hydrogen) atoms. The quantitative estimate of drug-likeness (QED) is 0.748. The van der Waals surface area contributed by atoms with Gasteiger partial charge in [0.2, 0.25) is 0 Å². The lowest BCUT2D eigenvalue weighted by atomic mass is 10.1. The lowest BCUT2D eigenvalue weighted by molar-refractivity contribution is 0.112. The number of aldehydes is 1. The second-order valence-corrected chi connectivity index (χ2v) is 5.18. The number of aryl methyl sites for hydroxylation is 2. The molecule has 0 amide bonds. The van der Waals surface area contributed by atoms with Gasteiger partial charge in [-0.05, 0) is 49.2 Å². The molecule has 2 rings (SSSR count). The van der Waals surface area contributed by atoms with E-state index >= 15 is 0 Å². The summed E-state index contributed by atoms with van der Waals surface area (Å²) in [5.74, 6) is 0. The highest BCUT2D eigenvalue weighted by molar-refractivity contribution is 7.99. The van der Waals surface area contributed by atoms with Crippen LogP contribution < -0.4 is 0 Å². The first-order valence-corrected chi connectivity index (χ1v) is 6.31. The summed E-state index contributed by atoms with van der Waals surface area (Å²) >= 11 is 1.71. The summed E-state index contributed by atoms with van der Waals surface area (Å²) in [5, 5.41) is 0. The van der Waals surface area contributed by atoms with E-state index in [1.807, 2.05) is 24.3 Å². The summed E-state index contributed by atoms with van der Waals surface area (Å²) in [7, 11) is 0. The zero-order valence-corrected chi connectivity index (χ0v) is 10.8. The topological polar surface area (TPSA) is 17.1 Å². The number of hydrogen-bond donors (Lipinski definition) is 0. The van der Waals surface area contributed by atoms with Crippen LogP contribution in [-0.2, 0) is 0 Å². The van der Waals surface area contributed by atoms with Gasteiger partial charge in [0.15, 0.2) is 0 Å². The average Bonchev–Trinajstić information content (AvgIpc) is 2.35. The van der Waals surface area contributed by atoms with Gasteiger partial charge in [0.25, 0.3) is 0 Å². The lowest BCUT2D eigenvalue weighted by Gasteiger charge is -2.05. The number of hydrogen-bond acceptors (Lipinski definition) is 2. The molecule has 0 aliphatic heterocycles. The molecular weight excluding hydrogens is 228 g/mol. The number of carbonyl (C=O) groups excluding carboxylic acids is 1. The fourth-order valence-corrected chi connectivity index (χ4v) is 2.44. The summed E-state index contributed by atoms with van der Waals surface area (Å²) in [6, 6.07) is 14.1. The first-order valence-electron chi connectivity index (χ1n) is 5.49. The van der Waals surface area contributed by atoms with Crippen molar-refractivity contribution >= 4 is 18.0 Å². The van der Waals surface area contributed by atoms with Gasteiger partial charge in [-0.1, -0.05) is 30.0 Å². The van der Waals surface area contributed by atoms with Gasteiger partial charge in [-0.2, -0.15) is 0 Å². The van der Waals surface area contributed by atoms with E-state index in [-0.39, 0.29) is 0 Å². The summed E-state index contributed by atoms with van der Waals surface area (Å²) in [6.07, 6.45) is 0.866. The van der Waals surface area contributed by atoms with E-state index in [2.05, 4.69) is 32.0 Å². The zero-order valence-electron chi connectivity index (χ0n) is 9.94. The third-order valence-corrected chi connectivity index (χ3v) is 3.73. The van der Waals surface area contributed by atoms with Gasteiger partial charge in [-0.25, -0.2) is 0 Å². The van der Waals surface area contributed by atoms with Crippen LogP contribution in [0.15, 0.2) is 52.3 Å². The van der Waals surface area contributed by atoms with Crippen LogP contribution in [0.25, 0.3) is 0 Å². The van der Waals surface area contributed by atoms with E-state index in [0.29, 0.717) is 0 Å². The van der Waals surface area contributed by atoms with Crippen LogP contribution in [0.2, 0.25) is 0 Å². The number of benzene rings is 2. The van der Waals surface area contributed by atoms with Crippen LogP contribution >= 0.6 is 11.8 Å².